The van der Waals surface area contributed by atoms with E-state index in [0.29, 0.717) is 11.8 Å². The first-order valence-corrected chi connectivity index (χ1v) is 20.2. The van der Waals surface area contributed by atoms with Crippen molar-refractivity contribution < 1.29 is 0 Å². The van der Waals surface area contributed by atoms with Gasteiger partial charge in [-0.05, 0) is 112 Å². The van der Waals surface area contributed by atoms with Crippen molar-refractivity contribution in [2.75, 3.05) is 0 Å². The van der Waals surface area contributed by atoms with Gasteiger partial charge in [0.25, 0.3) is 0 Å². The van der Waals surface area contributed by atoms with Gasteiger partial charge < -0.3 is 4.90 Å². The summed E-state index contributed by atoms with van der Waals surface area (Å²) >= 11 is 0. The highest BCUT2D eigenvalue weighted by atomic mass is 28.3. The first-order chi connectivity index (χ1) is 21.1. The number of hydrogen-bond acceptors (Lipinski definition) is 2. The van der Waals surface area contributed by atoms with Gasteiger partial charge >= 0.3 is 0 Å². The molecular formula is C41H42N2Si. The van der Waals surface area contributed by atoms with E-state index >= 15 is 0 Å². The van der Waals surface area contributed by atoms with E-state index in [-0.39, 0.29) is 17.5 Å². The van der Waals surface area contributed by atoms with E-state index in [1.807, 2.05) is 0 Å². The summed E-state index contributed by atoms with van der Waals surface area (Å²) in [7, 11) is -1.67. The summed E-state index contributed by atoms with van der Waals surface area (Å²) in [5, 5.41) is 1.60. The molecule has 0 saturated carbocycles. The molecule has 2 nitrogen and oxygen atoms in total. The number of pyridine rings is 1. The van der Waals surface area contributed by atoms with Gasteiger partial charge in [0.15, 0.2) is 0 Å². The molecule has 3 aliphatic carbocycles. The molecule has 0 radical (unpaired) electrons. The number of rotatable bonds is 3. The normalized spacial score (nSPS) is 28.9. The van der Waals surface area contributed by atoms with Crippen LogP contribution in [-0.2, 0) is 18.3 Å². The van der Waals surface area contributed by atoms with Crippen LogP contribution in [0.25, 0.3) is 11.3 Å². The molecule has 0 fully saturated rings. The maximum atomic E-state index is 5.19. The second-order valence-electron chi connectivity index (χ2n) is 15.5. The fourth-order valence-electron chi connectivity index (χ4n) is 9.38. The Morgan fingerprint density at radius 1 is 1.00 bits per heavy atom. The number of aryl methyl sites for hydroxylation is 1. The van der Waals surface area contributed by atoms with E-state index in [1.165, 1.54) is 61.5 Å². The minimum atomic E-state index is -1.67. The Kier molecular flexibility index (Phi) is 5.42. The first-order valence-electron chi connectivity index (χ1n) is 16.7. The van der Waals surface area contributed by atoms with E-state index in [4.69, 9.17) is 4.98 Å². The third kappa shape index (κ3) is 3.56. The van der Waals surface area contributed by atoms with Crippen LogP contribution in [-0.4, -0.2) is 18.0 Å². The van der Waals surface area contributed by atoms with E-state index in [1.54, 1.807) is 10.8 Å². The zero-order valence-electron chi connectivity index (χ0n) is 26.9. The van der Waals surface area contributed by atoms with Crippen molar-refractivity contribution in [1.29, 1.82) is 0 Å². The van der Waals surface area contributed by atoms with Crippen LogP contribution in [0, 0.1) is 18.8 Å². The van der Waals surface area contributed by atoms with Gasteiger partial charge in [0, 0.05) is 22.9 Å². The number of allylic oxidation sites excluding steroid dienone is 7. The fraction of sp³-hybridized carbons (Fsp3) is 0.341. The van der Waals surface area contributed by atoms with Gasteiger partial charge in [-0.1, -0.05) is 94.2 Å². The zero-order valence-corrected chi connectivity index (χ0v) is 27.9. The minimum Gasteiger partial charge on any atom is -0.356 e. The topological polar surface area (TPSA) is 16.1 Å². The Balaban J connectivity index is 1.24. The minimum absolute atomic E-state index is 0.0488. The van der Waals surface area contributed by atoms with E-state index < -0.39 is 8.07 Å². The average Bonchev–Trinajstić information content (AvgIpc) is 3.26. The van der Waals surface area contributed by atoms with Gasteiger partial charge in [-0.25, -0.2) is 0 Å². The summed E-state index contributed by atoms with van der Waals surface area (Å²) in [6, 6.07) is 19.5. The SMILES string of the molecule is Cc1cccc2c1C1C=C(C3=CC=CCC3C)C([Si](C)(C)C)=CN1[C@@H]2C1=CC2Cc3cc4cc(n3)-c3cc(ccc3C12C)C4. The highest BCUT2D eigenvalue weighted by Gasteiger charge is 2.55. The molecule has 5 bridgehead atoms. The molecule has 3 aromatic rings. The van der Waals surface area contributed by atoms with Crippen LogP contribution in [0.2, 0.25) is 19.6 Å². The van der Waals surface area contributed by atoms with Crippen molar-refractivity contribution in [3.63, 3.8) is 0 Å². The van der Waals surface area contributed by atoms with Crippen LogP contribution >= 0.6 is 0 Å². The Morgan fingerprint density at radius 2 is 1.86 bits per heavy atom. The number of hydrogen-bond donors (Lipinski definition) is 0. The van der Waals surface area contributed by atoms with Gasteiger partial charge in [-0.2, -0.15) is 0 Å². The van der Waals surface area contributed by atoms with Crippen LogP contribution in [0.5, 0.6) is 0 Å². The van der Waals surface area contributed by atoms with Crippen molar-refractivity contribution in [3.8, 4) is 11.3 Å². The molecule has 0 spiro atoms. The van der Waals surface area contributed by atoms with Crippen LogP contribution in [0.15, 0.2) is 107 Å². The van der Waals surface area contributed by atoms with Crippen molar-refractivity contribution in [1.82, 2.24) is 9.88 Å². The monoisotopic (exact) mass is 590 g/mol. The van der Waals surface area contributed by atoms with Gasteiger partial charge in [0.2, 0.25) is 0 Å². The lowest BCUT2D eigenvalue weighted by atomic mass is 9.53. The van der Waals surface area contributed by atoms with Gasteiger partial charge in [-0.15, -0.1) is 0 Å². The number of benzene rings is 2. The van der Waals surface area contributed by atoms with Crippen LogP contribution in [0.4, 0.5) is 0 Å². The predicted octanol–water partition coefficient (Wildman–Crippen LogP) is 9.65. The summed E-state index contributed by atoms with van der Waals surface area (Å²) in [4.78, 5) is 7.96. The maximum Gasteiger partial charge on any atom is 0.0802 e. The number of nitrogens with zero attached hydrogens (tertiary/aromatic N) is 2. The Hall–Kier alpha value is -3.69. The Bertz CT molecular complexity index is 1950. The molecule has 4 heterocycles. The zero-order chi connectivity index (χ0) is 30.1. The van der Waals surface area contributed by atoms with Gasteiger partial charge in [0.05, 0.1) is 25.9 Å². The molecule has 0 amide bonds. The van der Waals surface area contributed by atoms with E-state index in [0.717, 1.165) is 19.3 Å². The lowest BCUT2D eigenvalue weighted by molar-refractivity contribution is 0.231. The van der Waals surface area contributed by atoms with Crippen molar-refractivity contribution in [2.45, 2.75) is 77.2 Å². The molecule has 6 aliphatic rings. The molecule has 1 aromatic heterocycles. The molecule has 0 saturated heterocycles. The molecule has 9 rings (SSSR count). The van der Waals surface area contributed by atoms with Crippen LogP contribution in [0.3, 0.4) is 0 Å². The number of aromatic nitrogens is 1. The van der Waals surface area contributed by atoms with Crippen molar-refractivity contribution in [3.05, 3.63) is 146 Å². The average molecular weight is 591 g/mol. The summed E-state index contributed by atoms with van der Waals surface area (Å²) in [6.45, 7) is 14.9. The number of fused-ring (bicyclic) bond motifs is 8. The fourth-order valence-corrected chi connectivity index (χ4v) is 10.9. The molecule has 4 unspecified atom stereocenters. The van der Waals surface area contributed by atoms with E-state index in [2.05, 4.69) is 130 Å². The van der Waals surface area contributed by atoms with Gasteiger partial charge in [0.1, 0.15) is 0 Å². The van der Waals surface area contributed by atoms with Crippen molar-refractivity contribution in [2.24, 2.45) is 11.8 Å². The highest BCUT2D eigenvalue weighted by Crippen LogP contribution is 2.62. The predicted molar refractivity (Wildman–Crippen MR) is 184 cm³/mol. The van der Waals surface area contributed by atoms with E-state index in [9.17, 15) is 0 Å². The highest BCUT2D eigenvalue weighted by molar-refractivity contribution is 6.84. The lowest BCUT2D eigenvalue weighted by Crippen LogP contribution is -2.47. The Morgan fingerprint density at radius 3 is 2.68 bits per heavy atom. The molecule has 220 valence electrons. The second-order valence-corrected chi connectivity index (χ2v) is 20.5. The smallest absolute Gasteiger partial charge is 0.0802 e. The molecule has 5 atom stereocenters. The van der Waals surface area contributed by atoms with Gasteiger partial charge in [-0.3, -0.25) is 4.98 Å². The largest absolute Gasteiger partial charge is 0.356 e. The summed E-state index contributed by atoms with van der Waals surface area (Å²) < 4.78 is 0. The molecular weight excluding hydrogens is 549 g/mol. The molecule has 0 N–H and O–H groups in total. The standard InChI is InChI=1S/C41H42N2Si/c1-24-10-7-8-12-30(24)32-22-37-39-25(2)11-9-13-31(39)40(43(37)23-38(32)44(4,5)6)35-21-28-20-29-17-27-16-26-14-15-34(41(28,35)3)33(18-26)36(19-27)42-29/h7-9,11-15,17-19,21-24,28,37,40H,10,16,20H2,1-6H3/t24?,28?,37?,40-,41?/m0/s1. The lowest BCUT2D eigenvalue weighted by Gasteiger charge is -2.53. The third-order valence-electron chi connectivity index (χ3n) is 11.7. The summed E-state index contributed by atoms with van der Waals surface area (Å²) in [5.41, 5.74) is 17.1. The van der Waals surface area contributed by atoms with Crippen LogP contribution in [0.1, 0.15) is 71.4 Å². The first kappa shape index (κ1) is 26.7. The van der Waals surface area contributed by atoms with Crippen molar-refractivity contribution >= 4 is 8.07 Å². The molecule has 2 aromatic carbocycles. The van der Waals surface area contributed by atoms with Crippen LogP contribution < -0.4 is 0 Å². The quantitative estimate of drug-likeness (QED) is 0.174. The maximum absolute atomic E-state index is 5.19. The summed E-state index contributed by atoms with van der Waals surface area (Å²) in [6.07, 6.45) is 18.1. The molecule has 44 heavy (non-hydrogen) atoms. The summed E-state index contributed by atoms with van der Waals surface area (Å²) in [5.74, 6) is 0.991. The third-order valence-corrected chi connectivity index (χ3v) is 13.7. The molecule has 3 aliphatic heterocycles. The Labute approximate surface area is 263 Å². The second kappa shape index (κ2) is 8.94. The molecule has 3 heteroatoms.